The number of fused-ring (bicyclic) bond motifs is 4. The number of carboxylic acids is 1. The number of pyridine rings is 1. The van der Waals surface area contributed by atoms with Crippen molar-refractivity contribution in [3.05, 3.63) is 108 Å². The van der Waals surface area contributed by atoms with Gasteiger partial charge in [-0.1, -0.05) is 31.2 Å². The number of imidazole rings is 1. The Balaban J connectivity index is 1.08. The molecule has 0 radical (unpaired) electrons. The Hall–Kier alpha value is -7.22. The summed E-state index contributed by atoms with van der Waals surface area (Å²) in [5.74, 6) is -2.24. The van der Waals surface area contributed by atoms with E-state index in [9.17, 15) is 39.0 Å². The molecule has 1 aliphatic carbocycles. The van der Waals surface area contributed by atoms with Crippen LogP contribution in [0.4, 0.5) is 21.0 Å². The number of hydrogen-bond acceptors (Lipinski definition) is 12. The van der Waals surface area contributed by atoms with E-state index in [1.807, 2.05) is 31.2 Å². The second kappa shape index (κ2) is 22.5. The number of likely N-dealkylation sites (N-methyl/N-ethyl adjacent to an activating group) is 1. The number of ether oxygens (including phenoxy) is 3. The Bertz CT molecular complexity index is 2800. The number of carbonyl (C=O) groups excluding carboxylic acids is 5. The molecule has 0 spiro atoms. The summed E-state index contributed by atoms with van der Waals surface area (Å²) in [5.41, 5.74) is 2.67. The smallest absolute Gasteiger partial charge is 0.415 e. The summed E-state index contributed by atoms with van der Waals surface area (Å²) in [6.45, 7) is 3.32. The SMILES string of the molecule is Cc1cccc2c(OC(=O)N(CCOCCO)CCN(C)C(=O)O[C@H]3/C=C\CC[C@@](C)(C(=O)NCC(=O)O)CC3)cc3c(c12)[C@H](CCl)CN3C(=O)c1cn2cc(NC(=O)c3ccc(O)cc3)ccc2n1. The van der Waals surface area contributed by atoms with Gasteiger partial charge in [0.05, 0.1) is 31.2 Å². The lowest BCUT2D eigenvalue weighted by atomic mass is 9.78. The van der Waals surface area contributed by atoms with Gasteiger partial charge in [-0.3, -0.25) is 19.2 Å². The van der Waals surface area contributed by atoms with Crippen LogP contribution < -0.4 is 20.3 Å². The minimum absolute atomic E-state index is 0.00777. The van der Waals surface area contributed by atoms with Crippen molar-refractivity contribution in [3.63, 3.8) is 0 Å². The van der Waals surface area contributed by atoms with Crippen molar-refractivity contribution in [2.24, 2.45) is 5.41 Å². The highest BCUT2D eigenvalue weighted by atomic mass is 35.5. The van der Waals surface area contributed by atoms with E-state index in [1.54, 1.807) is 52.9 Å². The van der Waals surface area contributed by atoms with E-state index in [1.165, 1.54) is 41.1 Å². The zero-order valence-electron chi connectivity index (χ0n) is 39.1. The zero-order valence-corrected chi connectivity index (χ0v) is 39.8. The van der Waals surface area contributed by atoms with Gasteiger partial charge in [0.2, 0.25) is 5.91 Å². The van der Waals surface area contributed by atoms with Crippen molar-refractivity contribution in [3.8, 4) is 11.5 Å². The third kappa shape index (κ3) is 11.8. The number of alkyl halides is 1. The van der Waals surface area contributed by atoms with E-state index in [4.69, 9.17) is 30.9 Å². The lowest BCUT2D eigenvalue weighted by Gasteiger charge is -2.31. The molecule has 5 amide bonds. The first-order chi connectivity index (χ1) is 33.6. The molecule has 0 fully saturated rings. The predicted octanol–water partition coefficient (Wildman–Crippen LogP) is 6.32. The number of aromatic hydroxyl groups is 1. The molecule has 5 N–H and O–H groups in total. The van der Waals surface area contributed by atoms with Crippen molar-refractivity contribution >= 4 is 75.3 Å². The van der Waals surface area contributed by atoms with Crippen LogP contribution in [0, 0.1) is 12.3 Å². The number of amides is 5. The van der Waals surface area contributed by atoms with Gasteiger partial charge in [-0.05, 0) is 91.6 Å². The standard InChI is InChI=1S/C50H56ClN7O12/c1-31-7-6-9-37-40(70-49(67)56(21-23-68-24-22-59)20-19-55(3)48(66)69-36-8-4-5-17-50(2,18-16-36)47(65)52-27-42(61)62)25-39-44(43(31)37)33(26-51)28-58(39)46(64)38-30-57-29-34(12-15-41(57)54-38)53-45(63)32-10-13-35(60)14-11-32/h4,6-15,25,29-30,33,36,59-60H,5,16-24,26-28H2,1-3H3,(H,52,65)(H,53,63)(H,61,62)/b8-4-/t33-,36+,50-/m1/s1. The van der Waals surface area contributed by atoms with Gasteiger partial charge in [-0.25, -0.2) is 14.6 Å². The van der Waals surface area contributed by atoms with Gasteiger partial charge >= 0.3 is 18.2 Å². The number of nitrogens with one attached hydrogen (secondary N) is 2. The fraction of sp³-hybridized carbons (Fsp3) is 0.380. The molecule has 0 bridgehead atoms. The molecular weight excluding hydrogens is 926 g/mol. The molecule has 70 heavy (non-hydrogen) atoms. The minimum atomic E-state index is -1.15. The van der Waals surface area contributed by atoms with Crippen LogP contribution in [-0.4, -0.2) is 142 Å². The van der Waals surface area contributed by atoms with Crippen LogP contribution in [0.1, 0.15) is 70.5 Å². The van der Waals surface area contributed by atoms with Crippen LogP contribution in [0.5, 0.6) is 11.5 Å². The highest BCUT2D eigenvalue weighted by Crippen LogP contribution is 2.47. The quantitative estimate of drug-likeness (QED) is 0.0390. The van der Waals surface area contributed by atoms with E-state index in [0.717, 1.165) is 16.5 Å². The summed E-state index contributed by atoms with van der Waals surface area (Å²) in [4.78, 5) is 87.9. The number of aliphatic hydroxyl groups excluding tert-OH is 1. The van der Waals surface area contributed by atoms with E-state index < -0.39 is 48.0 Å². The number of anilines is 2. The first-order valence-electron chi connectivity index (χ1n) is 22.9. The lowest BCUT2D eigenvalue weighted by Crippen LogP contribution is -2.43. The van der Waals surface area contributed by atoms with E-state index in [2.05, 4.69) is 15.6 Å². The summed E-state index contributed by atoms with van der Waals surface area (Å²) in [6, 6.07) is 16.4. The van der Waals surface area contributed by atoms with Gasteiger partial charge in [-0.15, -0.1) is 11.6 Å². The number of hydrogen-bond donors (Lipinski definition) is 5. The number of nitrogens with zero attached hydrogens (tertiary/aromatic N) is 5. The summed E-state index contributed by atoms with van der Waals surface area (Å²) in [6.07, 6.45) is 6.40. The summed E-state index contributed by atoms with van der Waals surface area (Å²) >= 11 is 6.61. The summed E-state index contributed by atoms with van der Waals surface area (Å²) < 4.78 is 19.2. The second-order valence-corrected chi connectivity index (χ2v) is 17.9. The first kappa shape index (κ1) is 50.7. The minimum Gasteiger partial charge on any atom is -0.508 e. The Labute approximate surface area is 408 Å². The third-order valence-electron chi connectivity index (χ3n) is 12.6. The van der Waals surface area contributed by atoms with Gasteiger partial charge < -0.3 is 59.3 Å². The van der Waals surface area contributed by atoms with Crippen LogP contribution in [0.25, 0.3) is 16.4 Å². The number of aliphatic hydroxyl groups is 1. The molecule has 7 rings (SSSR count). The maximum atomic E-state index is 14.5. The molecule has 3 aromatic carbocycles. The molecule has 20 heteroatoms. The average molecular weight is 982 g/mol. The molecule has 0 saturated carbocycles. The van der Waals surface area contributed by atoms with Crippen molar-refractivity contribution in [2.75, 3.05) is 75.7 Å². The first-order valence-corrected chi connectivity index (χ1v) is 23.4. The van der Waals surface area contributed by atoms with Gasteiger partial charge in [0.1, 0.15) is 35.5 Å². The molecular formula is C50H56ClN7O12. The number of phenolic OH excluding ortho intramolecular Hbond substituents is 1. The Morgan fingerprint density at radius 3 is 2.50 bits per heavy atom. The number of phenols is 1. The molecule has 0 unspecified atom stereocenters. The number of aliphatic carboxylic acids is 1. The number of carboxylic acid groups (broad SMARTS) is 1. The average Bonchev–Trinajstić information content (AvgIpc) is 3.94. The van der Waals surface area contributed by atoms with Crippen molar-refractivity contribution in [1.82, 2.24) is 24.5 Å². The molecule has 2 aromatic heterocycles. The van der Waals surface area contributed by atoms with Crippen molar-refractivity contribution in [2.45, 2.75) is 51.6 Å². The largest absolute Gasteiger partial charge is 0.508 e. The van der Waals surface area contributed by atoms with E-state index >= 15 is 0 Å². The van der Waals surface area contributed by atoms with Gasteiger partial charge in [0, 0.05) is 79.8 Å². The molecule has 19 nitrogen and oxygen atoms in total. The third-order valence-corrected chi connectivity index (χ3v) is 12.9. The normalized spacial score (nSPS) is 18.0. The number of halogens is 1. The Morgan fingerprint density at radius 2 is 1.76 bits per heavy atom. The van der Waals surface area contributed by atoms with Crippen LogP contribution in [-0.2, 0) is 19.1 Å². The van der Waals surface area contributed by atoms with Crippen molar-refractivity contribution < 1.29 is 58.3 Å². The molecule has 1 aliphatic heterocycles. The number of aromatic nitrogens is 2. The number of aryl methyl sites for hydroxylation is 1. The number of benzene rings is 3. The highest BCUT2D eigenvalue weighted by molar-refractivity contribution is 6.19. The Morgan fingerprint density at radius 1 is 0.971 bits per heavy atom. The number of carbonyl (C=O) groups is 6. The molecule has 3 atom stereocenters. The second-order valence-electron chi connectivity index (χ2n) is 17.6. The van der Waals surface area contributed by atoms with Crippen molar-refractivity contribution in [1.29, 1.82) is 0 Å². The monoisotopic (exact) mass is 981 g/mol. The van der Waals surface area contributed by atoms with Gasteiger partial charge in [0.25, 0.3) is 11.8 Å². The molecule has 0 saturated heterocycles. The fourth-order valence-corrected chi connectivity index (χ4v) is 8.87. The number of rotatable bonds is 17. The van der Waals surface area contributed by atoms with E-state index in [0.29, 0.717) is 53.7 Å². The molecule has 3 heterocycles. The highest BCUT2D eigenvalue weighted by Gasteiger charge is 2.38. The maximum absolute atomic E-state index is 14.5. The lowest BCUT2D eigenvalue weighted by molar-refractivity contribution is -0.140. The van der Waals surface area contributed by atoms with Gasteiger partial charge in [0.15, 0.2) is 0 Å². The molecule has 5 aromatic rings. The summed E-state index contributed by atoms with van der Waals surface area (Å²) in [5, 5.41) is 34.6. The van der Waals surface area contributed by atoms with Gasteiger partial charge in [-0.2, -0.15) is 0 Å². The van der Waals surface area contributed by atoms with Crippen LogP contribution in [0.2, 0.25) is 0 Å². The zero-order chi connectivity index (χ0) is 50.1. The maximum Gasteiger partial charge on any atom is 0.415 e. The van der Waals surface area contributed by atoms with Crippen LogP contribution >= 0.6 is 11.6 Å². The van der Waals surface area contributed by atoms with Crippen LogP contribution in [0.15, 0.2) is 85.2 Å². The Kier molecular flexibility index (Phi) is 16.3. The van der Waals surface area contributed by atoms with Crippen LogP contribution in [0.3, 0.4) is 0 Å². The molecule has 2 aliphatic rings. The molecule has 370 valence electrons. The predicted molar refractivity (Wildman–Crippen MR) is 260 cm³/mol. The fourth-order valence-electron chi connectivity index (χ4n) is 8.61. The topological polar surface area (TPSA) is 242 Å². The number of allylic oxidation sites excluding steroid dienone is 1. The van der Waals surface area contributed by atoms with E-state index in [-0.39, 0.29) is 80.9 Å². The summed E-state index contributed by atoms with van der Waals surface area (Å²) in [7, 11) is 1.53.